The van der Waals surface area contributed by atoms with Crippen LogP contribution in [0.5, 0.6) is 0 Å². The Morgan fingerprint density at radius 1 is 1.59 bits per heavy atom. The summed E-state index contributed by atoms with van der Waals surface area (Å²) >= 11 is 5.48. The first-order valence-corrected chi connectivity index (χ1v) is 5.12. The highest BCUT2D eigenvalue weighted by Crippen LogP contribution is 2.26. The van der Waals surface area contributed by atoms with Crippen molar-refractivity contribution in [2.75, 3.05) is 7.11 Å². The lowest BCUT2D eigenvalue weighted by molar-refractivity contribution is -0.139. The van der Waals surface area contributed by atoms with E-state index in [2.05, 4.69) is 9.72 Å². The summed E-state index contributed by atoms with van der Waals surface area (Å²) in [6.07, 6.45) is -3.32. The third kappa shape index (κ3) is 3.33. The van der Waals surface area contributed by atoms with Crippen LogP contribution in [0.1, 0.15) is 23.2 Å². The maximum absolute atomic E-state index is 13.0. The van der Waals surface area contributed by atoms with Gasteiger partial charge in [-0.15, -0.1) is 11.6 Å². The van der Waals surface area contributed by atoms with Crippen molar-refractivity contribution < 1.29 is 22.7 Å². The number of aromatic nitrogens is 1. The highest BCUT2D eigenvalue weighted by molar-refractivity contribution is 6.17. The molecular weight excluding hydrogens is 259 g/mol. The molecule has 17 heavy (non-hydrogen) atoms. The van der Waals surface area contributed by atoms with Gasteiger partial charge in [-0.3, -0.25) is 4.79 Å². The standard InChI is InChI=1S/C10H9ClF3NO2/c1-17-9(16)3-5-6(10(13)14)2-8(12)15-7(5)4-11/h2,10H,3-4H2,1H3. The van der Waals surface area contributed by atoms with Crippen molar-refractivity contribution in [1.29, 1.82) is 0 Å². The number of hydrogen-bond donors (Lipinski definition) is 0. The second kappa shape index (κ2) is 5.86. The molecule has 0 saturated carbocycles. The number of carbonyl (C=O) groups is 1. The molecule has 0 aliphatic carbocycles. The van der Waals surface area contributed by atoms with Crippen molar-refractivity contribution in [3.05, 3.63) is 28.8 Å². The maximum atomic E-state index is 13.0. The first kappa shape index (κ1) is 13.8. The lowest BCUT2D eigenvalue weighted by Gasteiger charge is -2.11. The maximum Gasteiger partial charge on any atom is 0.310 e. The van der Waals surface area contributed by atoms with E-state index in [4.69, 9.17) is 11.6 Å². The van der Waals surface area contributed by atoms with Crippen molar-refractivity contribution in [1.82, 2.24) is 4.98 Å². The van der Waals surface area contributed by atoms with Gasteiger partial charge >= 0.3 is 5.97 Å². The number of alkyl halides is 3. The molecule has 7 heteroatoms. The molecule has 0 spiro atoms. The zero-order valence-electron chi connectivity index (χ0n) is 8.84. The van der Waals surface area contributed by atoms with E-state index in [-0.39, 0.29) is 17.1 Å². The molecule has 94 valence electrons. The number of nitrogens with zero attached hydrogens (tertiary/aromatic N) is 1. The van der Waals surface area contributed by atoms with Gasteiger partial charge in [0.15, 0.2) is 0 Å². The van der Waals surface area contributed by atoms with Crippen LogP contribution in [-0.2, 0) is 21.8 Å². The summed E-state index contributed by atoms with van der Waals surface area (Å²) in [5.74, 6) is -2.03. The Morgan fingerprint density at radius 2 is 2.24 bits per heavy atom. The molecule has 1 heterocycles. The van der Waals surface area contributed by atoms with Crippen LogP contribution in [0.3, 0.4) is 0 Å². The van der Waals surface area contributed by atoms with Crippen molar-refractivity contribution >= 4 is 17.6 Å². The van der Waals surface area contributed by atoms with Crippen LogP contribution in [0.2, 0.25) is 0 Å². The zero-order valence-corrected chi connectivity index (χ0v) is 9.60. The average Bonchev–Trinajstić information content (AvgIpc) is 2.30. The average molecular weight is 268 g/mol. The summed E-state index contributed by atoms with van der Waals surface area (Å²) in [5.41, 5.74) is -0.742. The smallest absolute Gasteiger partial charge is 0.310 e. The Balaban J connectivity index is 3.26. The summed E-state index contributed by atoms with van der Waals surface area (Å²) in [5, 5.41) is 0. The zero-order chi connectivity index (χ0) is 13.0. The van der Waals surface area contributed by atoms with Crippen LogP contribution in [0, 0.1) is 5.95 Å². The summed E-state index contributed by atoms with van der Waals surface area (Å²) in [6, 6.07) is 0.596. The molecule has 1 rings (SSSR count). The summed E-state index contributed by atoms with van der Waals surface area (Å²) < 4.78 is 42.7. The van der Waals surface area contributed by atoms with Crippen molar-refractivity contribution in [2.24, 2.45) is 0 Å². The number of ether oxygens (including phenoxy) is 1. The molecule has 0 radical (unpaired) electrons. The fraction of sp³-hybridized carbons (Fsp3) is 0.400. The number of esters is 1. The van der Waals surface area contributed by atoms with Gasteiger partial charge in [0.1, 0.15) is 0 Å². The van der Waals surface area contributed by atoms with Gasteiger partial charge in [-0.05, 0) is 5.56 Å². The van der Waals surface area contributed by atoms with Crippen LogP contribution >= 0.6 is 11.6 Å². The van der Waals surface area contributed by atoms with Gasteiger partial charge in [0.05, 0.1) is 25.1 Å². The molecule has 0 atom stereocenters. The van der Waals surface area contributed by atoms with Gasteiger partial charge in [0.25, 0.3) is 6.43 Å². The number of pyridine rings is 1. The van der Waals surface area contributed by atoms with Crippen LogP contribution in [0.15, 0.2) is 6.07 Å². The van der Waals surface area contributed by atoms with Crippen molar-refractivity contribution in [3.63, 3.8) is 0 Å². The SMILES string of the molecule is COC(=O)Cc1c(C(F)F)cc(F)nc1CCl. The van der Waals surface area contributed by atoms with E-state index >= 15 is 0 Å². The second-order valence-electron chi connectivity index (χ2n) is 3.15. The number of methoxy groups -OCH3 is 1. The van der Waals surface area contributed by atoms with E-state index in [1.807, 2.05) is 0 Å². The molecule has 0 aliphatic rings. The number of rotatable bonds is 4. The highest BCUT2D eigenvalue weighted by Gasteiger charge is 2.21. The molecule has 0 amide bonds. The Labute approximate surface area is 101 Å². The minimum atomic E-state index is -2.91. The van der Waals surface area contributed by atoms with E-state index in [9.17, 15) is 18.0 Å². The van der Waals surface area contributed by atoms with E-state index in [0.29, 0.717) is 6.07 Å². The fourth-order valence-corrected chi connectivity index (χ4v) is 1.56. The van der Waals surface area contributed by atoms with Crippen LogP contribution in [-0.4, -0.2) is 18.1 Å². The molecular formula is C10H9ClF3NO2. The molecule has 0 saturated heterocycles. The van der Waals surface area contributed by atoms with Gasteiger partial charge in [-0.25, -0.2) is 13.8 Å². The molecule has 3 nitrogen and oxygen atoms in total. The lowest BCUT2D eigenvalue weighted by Crippen LogP contribution is -2.12. The van der Waals surface area contributed by atoms with E-state index < -0.39 is 30.3 Å². The van der Waals surface area contributed by atoms with Gasteiger partial charge in [0, 0.05) is 11.6 Å². The normalized spacial score (nSPS) is 10.7. The topological polar surface area (TPSA) is 39.2 Å². The highest BCUT2D eigenvalue weighted by atomic mass is 35.5. The van der Waals surface area contributed by atoms with Crippen LogP contribution in [0.25, 0.3) is 0 Å². The molecule has 0 fully saturated rings. The number of hydrogen-bond acceptors (Lipinski definition) is 3. The van der Waals surface area contributed by atoms with Crippen molar-refractivity contribution in [3.8, 4) is 0 Å². The number of halogens is 4. The number of carbonyl (C=O) groups excluding carboxylic acids is 1. The fourth-order valence-electron chi connectivity index (χ4n) is 1.34. The lowest BCUT2D eigenvalue weighted by atomic mass is 10.0. The van der Waals surface area contributed by atoms with Gasteiger partial charge in [-0.2, -0.15) is 4.39 Å². The van der Waals surface area contributed by atoms with Crippen LogP contribution < -0.4 is 0 Å². The Hall–Kier alpha value is -1.30. The molecule has 1 aromatic rings. The van der Waals surface area contributed by atoms with E-state index in [1.54, 1.807) is 0 Å². The monoisotopic (exact) mass is 267 g/mol. The Morgan fingerprint density at radius 3 is 2.71 bits per heavy atom. The Bertz CT molecular complexity index is 426. The largest absolute Gasteiger partial charge is 0.469 e. The Kier molecular flexibility index (Phi) is 4.74. The molecule has 0 aromatic carbocycles. The first-order chi connectivity index (χ1) is 7.99. The third-order valence-corrected chi connectivity index (χ3v) is 2.38. The van der Waals surface area contributed by atoms with Crippen molar-refractivity contribution in [2.45, 2.75) is 18.7 Å². The minimum Gasteiger partial charge on any atom is -0.469 e. The van der Waals surface area contributed by atoms with Gasteiger partial charge in [0.2, 0.25) is 5.95 Å². The molecule has 1 aromatic heterocycles. The molecule has 0 bridgehead atoms. The van der Waals surface area contributed by atoms with E-state index in [0.717, 1.165) is 7.11 Å². The predicted octanol–water partition coefficient (Wildman–Crippen LogP) is 2.61. The molecule has 0 N–H and O–H groups in total. The minimum absolute atomic E-state index is 0.0765. The first-order valence-electron chi connectivity index (χ1n) is 4.58. The summed E-state index contributed by atoms with van der Waals surface area (Å²) in [4.78, 5) is 14.5. The molecule has 0 unspecified atom stereocenters. The van der Waals surface area contributed by atoms with Gasteiger partial charge < -0.3 is 4.74 Å². The summed E-state index contributed by atoms with van der Waals surface area (Å²) in [6.45, 7) is 0. The summed E-state index contributed by atoms with van der Waals surface area (Å²) in [7, 11) is 1.13. The third-order valence-electron chi connectivity index (χ3n) is 2.12. The van der Waals surface area contributed by atoms with E-state index in [1.165, 1.54) is 0 Å². The predicted molar refractivity (Wildman–Crippen MR) is 54.4 cm³/mol. The second-order valence-corrected chi connectivity index (χ2v) is 3.41. The quantitative estimate of drug-likeness (QED) is 0.478. The van der Waals surface area contributed by atoms with Crippen LogP contribution in [0.4, 0.5) is 13.2 Å². The molecule has 0 aliphatic heterocycles. The van der Waals surface area contributed by atoms with Gasteiger partial charge in [-0.1, -0.05) is 0 Å².